The highest BCUT2D eigenvalue weighted by atomic mass is 16.5. The molecule has 1 aromatic carbocycles. The Morgan fingerprint density at radius 1 is 1.19 bits per heavy atom. The van der Waals surface area contributed by atoms with Gasteiger partial charge in [-0.3, -0.25) is 4.79 Å². The summed E-state index contributed by atoms with van der Waals surface area (Å²) in [6.45, 7) is 8.13. The molecule has 1 atom stereocenters. The van der Waals surface area contributed by atoms with Crippen molar-refractivity contribution in [2.75, 3.05) is 6.61 Å². The Balaban J connectivity index is 2.50. The molecule has 0 heterocycles. The lowest BCUT2D eigenvalue weighted by molar-refractivity contribution is -0.142. The van der Waals surface area contributed by atoms with Crippen LogP contribution in [-0.4, -0.2) is 18.7 Å². The molecule has 0 fully saturated rings. The lowest BCUT2D eigenvalue weighted by Crippen LogP contribution is -2.09. The molecule has 0 aliphatic carbocycles. The molecule has 4 nitrogen and oxygen atoms in total. The van der Waals surface area contributed by atoms with Gasteiger partial charge in [-0.2, -0.15) is 0 Å². The van der Waals surface area contributed by atoms with Crippen LogP contribution in [0.2, 0.25) is 0 Å². The molecule has 1 aromatic rings. The van der Waals surface area contributed by atoms with E-state index in [2.05, 4.69) is 6.92 Å². The van der Waals surface area contributed by atoms with E-state index in [1.165, 1.54) is 0 Å². The Hall–Kier alpha value is -1.97. The Labute approximate surface area is 126 Å². The molecule has 0 saturated carbocycles. The lowest BCUT2D eigenvalue weighted by atomic mass is 10.2. The third kappa shape index (κ3) is 6.84. The summed E-state index contributed by atoms with van der Waals surface area (Å²) in [4.78, 5) is 11.3. The Bertz CT molecular complexity index is 462. The van der Waals surface area contributed by atoms with Crippen molar-refractivity contribution in [3.05, 3.63) is 36.1 Å². The van der Waals surface area contributed by atoms with E-state index in [1.54, 1.807) is 13.2 Å². The van der Waals surface area contributed by atoms with E-state index >= 15 is 0 Å². The second-order valence-corrected chi connectivity index (χ2v) is 4.87. The van der Waals surface area contributed by atoms with Crippen molar-refractivity contribution in [1.29, 1.82) is 0 Å². The van der Waals surface area contributed by atoms with Crippen LogP contribution in [0.15, 0.2) is 36.1 Å². The van der Waals surface area contributed by atoms with Gasteiger partial charge in [0, 0.05) is 0 Å². The summed E-state index contributed by atoms with van der Waals surface area (Å²) in [5.41, 5.74) is 0.813. The van der Waals surface area contributed by atoms with Gasteiger partial charge in [0.25, 0.3) is 0 Å². The minimum atomic E-state index is -0.243. The Morgan fingerprint density at radius 3 is 2.38 bits per heavy atom. The predicted octanol–water partition coefficient (Wildman–Crippen LogP) is 4.10. The molecule has 0 aliphatic heterocycles. The molecule has 0 N–H and O–H groups in total. The van der Waals surface area contributed by atoms with Gasteiger partial charge in [0.1, 0.15) is 11.5 Å². The molecule has 116 valence electrons. The van der Waals surface area contributed by atoms with Crippen molar-refractivity contribution in [3.63, 3.8) is 0 Å². The molecule has 0 saturated heterocycles. The molecule has 4 heteroatoms. The van der Waals surface area contributed by atoms with Crippen LogP contribution in [0.1, 0.15) is 40.5 Å². The molecule has 21 heavy (non-hydrogen) atoms. The van der Waals surface area contributed by atoms with Crippen LogP contribution >= 0.6 is 0 Å². The lowest BCUT2D eigenvalue weighted by Gasteiger charge is -2.12. The number of ether oxygens (including phenoxy) is 3. The first-order valence-corrected chi connectivity index (χ1v) is 7.29. The normalized spacial score (nSPS) is 12.7. The fourth-order valence-corrected chi connectivity index (χ4v) is 1.56. The van der Waals surface area contributed by atoms with Crippen LogP contribution < -0.4 is 9.47 Å². The zero-order chi connectivity index (χ0) is 15.7. The molecule has 0 amide bonds. The summed E-state index contributed by atoms with van der Waals surface area (Å²) in [6, 6.07) is 7.42. The maximum atomic E-state index is 11.3. The molecule has 0 aliphatic rings. The minimum absolute atomic E-state index is 0.198. The van der Waals surface area contributed by atoms with Crippen LogP contribution in [0.5, 0.6) is 11.5 Å². The summed E-state index contributed by atoms with van der Waals surface area (Å²) < 4.78 is 16.1. The van der Waals surface area contributed by atoms with Crippen LogP contribution in [0, 0.1) is 0 Å². The number of esters is 1. The molecule has 0 bridgehead atoms. The zero-order valence-corrected chi connectivity index (χ0v) is 13.2. The van der Waals surface area contributed by atoms with Gasteiger partial charge >= 0.3 is 5.97 Å². The summed E-state index contributed by atoms with van der Waals surface area (Å²) >= 11 is 0. The number of hydrogen-bond donors (Lipinski definition) is 0. The van der Waals surface area contributed by atoms with E-state index in [4.69, 9.17) is 14.2 Å². The molecule has 0 radical (unpaired) electrons. The SMILES string of the molecule is CCOC(=O)CC(C)=COc1ccc(OC(C)CC)cc1. The summed E-state index contributed by atoms with van der Waals surface area (Å²) in [5, 5.41) is 0. The van der Waals surface area contributed by atoms with Crippen molar-refractivity contribution in [3.8, 4) is 11.5 Å². The standard InChI is InChI=1S/C17H24O4/c1-5-14(4)21-16-9-7-15(8-10-16)20-12-13(3)11-17(18)19-6-2/h7-10,12,14H,5-6,11H2,1-4H3. The summed E-state index contributed by atoms with van der Waals surface area (Å²) in [5.74, 6) is 1.28. The molecule has 1 rings (SSSR count). The van der Waals surface area contributed by atoms with Crippen molar-refractivity contribution in [2.45, 2.75) is 46.6 Å². The van der Waals surface area contributed by atoms with E-state index in [0.29, 0.717) is 12.4 Å². The monoisotopic (exact) mass is 292 g/mol. The first-order chi connectivity index (χ1) is 10.0. The van der Waals surface area contributed by atoms with E-state index in [9.17, 15) is 4.79 Å². The Kier molecular flexibility index (Phi) is 7.37. The Morgan fingerprint density at radius 2 is 1.81 bits per heavy atom. The van der Waals surface area contributed by atoms with Gasteiger partial charge in [0.2, 0.25) is 0 Å². The average Bonchev–Trinajstić information content (AvgIpc) is 2.46. The number of carbonyl (C=O) groups is 1. The summed E-state index contributed by atoms with van der Waals surface area (Å²) in [7, 11) is 0. The molecule has 1 unspecified atom stereocenters. The highest BCUT2D eigenvalue weighted by Crippen LogP contribution is 2.19. The van der Waals surface area contributed by atoms with E-state index in [-0.39, 0.29) is 18.5 Å². The van der Waals surface area contributed by atoms with Crippen LogP contribution in [0.25, 0.3) is 0 Å². The zero-order valence-electron chi connectivity index (χ0n) is 13.2. The highest BCUT2D eigenvalue weighted by molar-refractivity contribution is 5.72. The largest absolute Gasteiger partial charge is 0.491 e. The van der Waals surface area contributed by atoms with Crippen molar-refractivity contribution in [2.24, 2.45) is 0 Å². The van der Waals surface area contributed by atoms with Crippen molar-refractivity contribution < 1.29 is 19.0 Å². The second kappa shape index (κ2) is 9.06. The maximum Gasteiger partial charge on any atom is 0.310 e. The van der Waals surface area contributed by atoms with Crippen molar-refractivity contribution in [1.82, 2.24) is 0 Å². The van der Waals surface area contributed by atoms with E-state index < -0.39 is 0 Å². The fourth-order valence-electron chi connectivity index (χ4n) is 1.56. The minimum Gasteiger partial charge on any atom is -0.491 e. The van der Waals surface area contributed by atoms with Crippen molar-refractivity contribution >= 4 is 5.97 Å². The number of hydrogen-bond acceptors (Lipinski definition) is 4. The number of rotatable bonds is 8. The average molecular weight is 292 g/mol. The first-order valence-electron chi connectivity index (χ1n) is 7.29. The maximum absolute atomic E-state index is 11.3. The van der Waals surface area contributed by atoms with E-state index in [0.717, 1.165) is 17.7 Å². The first kappa shape index (κ1) is 17.1. The van der Waals surface area contributed by atoms with Crippen LogP contribution in [-0.2, 0) is 9.53 Å². The quantitative estimate of drug-likeness (QED) is 0.534. The molecular weight excluding hydrogens is 268 g/mol. The third-order valence-electron chi connectivity index (χ3n) is 2.86. The van der Waals surface area contributed by atoms with Gasteiger partial charge in [-0.15, -0.1) is 0 Å². The van der Waals surface area contributed by atoms with Gasteiger partial charge in [0.15, 0.2) is 0 Å². The molecule has 0 spiro atoms. The molecular formula is C17H24O4. The van der Waals surface area contributed by atoms with Gasteiger partial charge in [-0.05, 0) is 57.0 Å². The number of carbonyl (C=O) groups excluding carboxylic acids is 1. The third-order valence-corrected chi connectivity index (χ3v) is 2.86. The van der Waals surface area contributed by atoms with Crippen LogP contribution in [0.3, 0.4) is 0 Å². The van der Waals surface area contributed by atoms with Gasteiger partial charge in [-0.25, -0.2) is 0 Å². The van der Waals surface area contributed by atoms with E-state index in [1.807, 2.05) is 38.1 Å². The van der Waals surface area contributed by atoms with Gasteiger partial charge in [-0.1, -0.05) is 6.92 Å². The predicted molar refractivity (Wildman–Crippen MR) is 82.5 cm³/mol. The van der Waals surface area contributed by atoms with Gasteiger partial charge < -0.3 is 14.2 Å². The smallest absolute Gasteiger partial charge is 0.310 e. The highest BCUT2D eigenvalue weighted by Gasteiger charge is 2.04. The van der Waals surface area contributed by atoms with Gasteiger partial charge in [0.05, 0.1) is 25.4 Å². The number of benzene rings is 1. The summed E-state index contributed by atoms with van der Waals surface area (Å²) in [6.07, 6.45) is 2.97. The fraction of sp³-hybridized carbons (Fsp3) is 0.471. The topological polar surface area (TPSA) is 44.8 Å². The molecule has 0 aromatic heterocycles. The van der Waals surface area contributed by atoms with Crippen LogP contribution in [0.4, 0.5) is 0 Å². The second-order valence-electron chi connectivity index (χ2n) is 4.87.